The van der Waals surface area contributed by atoms with E-state index in [9.17, 15) is 19.2 Å². The molecule has 1 atom stereocenters. The molecule has 2 N–H and O–H groups in total. The Morgan fingerprint density at radius 3 is 2.06 bits per heavy atom. The third kappa shape index (κ3) is 6.52. The lowest BCUT2D eigenvalue weighted by Gasteiger charge is -2.10. The Morgan fingerprint density at radius 2 is 1.69 bits per heavy atom. The Balaban J connectivity index is 4.18. The SMILES string of the molecule is CC(=O)CCC(=O)O[C@H](CC(=O)O)C(=O)O. The first-order chi connectivity index (χ1) is 7.32. The zero-order valence-electron chi connectivity index (χ0n) is 8.63. The molecule has 0 spiro atoms. The summed E-state index contributed by atoms with van der Waals surface area (Å²) >= 11 is 0. The van der Waals surface area contributed by atoms with Crippen LogP contribution in [0.25, 0.3) is 0 Å². The molecule has 90 valence electrons. The minimum atomic E-state index is -1.71. The smallest absolute Gasteiger partial charge is 0.345 e. The lowest BCUT2D eigenvalue weighted by Crippen LogP contribution is -2.29. The van der Waals surface area contributed by atoms with Crippen LogP contribution < -0.4 is 0 Å². The van der Waals surface area contributed by atoms with Crippen LogP contribution in [0.3, 0.4) is 0 Å². The maximum Gasteiger partial charge on any atom is 0.345 e. The highest BCUT2D eigenvalue weighted by Gasteiger charge is 2.25. The van der Waals surface area contributed by atoms with E-state index in [0.29, 0.717) is 0 Å². The number of carbonyl (C=O) groups excluding carboxylic acids is 2. The van der Waals surface area contributed by atoms with Gasteiger partial charge < -0.3 is 19.7 Å². The highest BCUT2D eigenvalue weighted by atomic mass is 16.6. The largest absolute Gasteiger partial charge is 0.481 e. The van der Waals surface area contributed by atoms with Gasteiger partial charge in [0, 0.05) is 6.42 Å². The van der Waals surface area contributed by atoms with Crippen molar-refractivity contribution in [1.82, 2.24) is 0 Å². The van der Waals surface area contributed by atoms with Gasteiger partial charge in [0.1, 0.15) is 5.78 Å². The topological polar surface area (TPSA) is 118 Å². The minimum absolute atomic E-state index is 0.0573. The van der Waals surface area contributed by atoms with Crippen LogP contribution in [-0.2, 0) is 23.9 Å². The van der Waals surface area contributed by atoms with E-state index in [0.717, 1.165) is 0 Å². The molecule has 0 unspecified atom stereocenters. The van der Waals surface area contributed by atoms with Gasteiger partial charge in [-0.15, -0.1) is 0 Å². The van der Waals surface area contributed by atoms with Gasteiger partial charge in [-0.3, -0.25) is 9.59 Å². The van der Waals surface area contributed by atoms with E-state index >= 15 is 0 Å². The number of ether oxygens (including phenoxy) is 1. The van der Waals surface area contributed by atoms with E-state index in [1.54, 1.807) is 0 Å². The van der Waals surface area contributed by atoms with Gasteiger partial charge in [0.15, 0.2) is 0 Å². The van der Waals surface area contributed by atoms with Crippen LogP contribution in [0.5, 0.6) is 0 Å². The number of rotatable bonds is 7. The molecule has 0 heterocycles. The van der Waals surface area contributed by atoms with Crippen LogP contribution in [0.15, 0.2) is 0 Å². The second kappa shape index (κ2) is 6.54. The van der Waals surface area contributed by atoms with E-state index in [1.807, 2.05) is 0 Å². The van der Waals surface area contributed by atoms with Gasteiger partial charge in [-0.25, -0.2) is 4.79 Å². The molecule has 0 aromatic heterocycles. The molecule has 16 heavy (non-hydrogen) atoms. The quantitative estimate of drug-likeness (QED) is 0.584. The van der Waals surface area contributed by atoms with E-state index in [4.69, 9.17) is 10.2 Å². The lowest BCUT2D eigenvalue weighted by molar-refractivity contribution is -0.167. The highest BCUT2D eigenvalue weighted by molar-refractivity contribution is 5.84. The van der Waals surface area contributed by atoms with Crippen molar-refractivity contribution in [3.05, 3.63) is 0 Å². The standard InChI is InChI=1S/C9H12O7/c1-5(10)2-3-8(13)16-6(9(14)15)4-7(11)12/h6H,2-4H2,1H3,(H,11,12)(H,14,15)/t6-/m1/s1. The Morgan fingerprint density at radius 1 is 1.12 bits per heavy atom. The third-order valence-electron chi connectivity index (χ3n) is 1.59. The lowest BCUT2D eigenvalue weighted by atomic mass is 10.2. The average molecular weight is 232 g/mol. The maximum absolute atomic E-state index is 11.0. The summed E-state index contributed by atoms with van der Waals surface area (Å²) in [5, 5.41) is 16.9. The molecule has 0 radical (unpaired) electrons. The van der Waals surface area contributed by atoms with E-state index < -0.39 is 30.4 Å². The third-order valence-corrected chi connectivity index (χ3v) is 1.59. The molecule has 0 aliphatic rings. The van der Waals surface area contributed by atoms with Crippen molar-refractivity contribution >= 4 is 23.7 Å². The molecular formula is C9H12O7. The summed E-state index contributed by atoms with van der Waals surface area (Å²) in [4.78, 5) is 42.3. The molecule has 0 bridgehead atoms. The maximum atomic E-state index is 11.0. The number of carboxylic acid groups (broad SMARTS) is 2. The zero-order valence-corrected chi connectivity index (χ0v) is 8.63. The van der Waals surface area contributed by atoms with Crippen LogP contribution >= 0.6 is 0 Å². The highest BCUT2D eigenvalue weighted by Crippen LogP contribution is 2.03. The summed E-state index contributed by atoms with van der Waals surface area (Å²) in [7, 11) is 0. The fourth-order valence-electron chi connectivity index (χ4n) is 0.834. The predicted molar refractivity (Wildman–Crippen MR) is 49.7 cm³/mol. The predicted octanol–water partition coefficient (Wildman–Crippen LogP) is -0.173. The number of carbonyl (C=O) groups is 4. The Kier molecular flexibility index (Phi) is 5.76. The van der Waals surface area contributed by atoms with Crippen molar-refractivity contribution in [2.24, 2.45) is 0 Å². The molecular weight excluding hydrogens is 220 g/mol. The monoisotopic (exact) mass is 232 g/mol. The number of carboxylic acids is 2. The Hall–Kier alpha value is -1.92. The molecule has 0 rings (SSSR count). The van der Waals surface area contributed by atoms with Crippen molar-refractivity contribution in [2.75, 3.05) is 0 Å². The second-order valence-electron chi connectivity index (χ2n) is 3.12. The van der Waals surface area contributed by atoms with Gasteiger partial charge in [0.25, 0.3) is 0 Å². The molecule has 0 saturated carbocycles. The summed E-state index contributed by atoms with van der Waals surface area (Å²) < 4.78 is 4.40. The zero-order chi connectivity index (χ0) is 12.7. The Bertz CT molecular complexity index is 307. The molecule has 0 saturated heterocycles. The van der Waals surface area contributed by atoms with E-state index in [-0.39, 0.29) is 18.6 Å². The summed E-state index contributed by atoms with van der Waals surface area (Å²) in [6, 6.07) is 0. The first-order valence-electron chi connectivity index (χ1n) is 4.46. The van der Waals surface area contributed by atoms with E-state index in [1.165, 1.54) is 6.92 Å². The summed E-state index contributed by atoms with van der Waals surface area (Å²) in [5.41, 5.74) is 0. The van der Waals surface area contributed by atoms with Crippen LogP contribution in [0.4, 0.5) is 0 Å². The Labute approximate surface area is 91.0 Å². The van der Waals surface area contributed by atoms with Crippen molar-refractivity contribution in [3.63, 3.8) is 0 Å². The number of hydrogen-bond donors (Lipinski definition) is 2. The molecule has 0 aliphatic carbocycles. The molecule has 7 heteroatoms. The molecule has 0 aliphatic heterocycles. The first kappa shape index (κ1) is 14.1. The molecule has 0 aromatic rings. The fraction of sp³-hybridized carbons (Fsp3) is 0.556. The van der Waals surface area contributed by atoms with Crippen molar-refractivity contribution < 1.29 is 34.1 Å². The number of ketones is 1. The summed E-state index contributed by atoms with van der Waals surface area (Å²) in [5.74, 6) is -4.05. The van der Waals surface area contributed by atoms with Crippen molar-refractivity contribution in [3.8, 4) is 0 Å². The van der Waals surface area contributed by atoms with Crippen LogP contribution in [0, 0.1) is 0 Å². The number of aliphatic carboxylic acids is 2. The van der Waals surface area contributed by atoms with Gasteiger partial charge >= 0.3 is 17.9 Å². The second-order valence-corrected chi connectivity index (χ2v) is 3.12. The van der Waals surface area contributed by atoms with Gasteiger partial charge in [-0.2, -0.15) is 0 Å². The molecule has 0 fully saturated rings. The molecule has 0 amide bonds. The minimum Gasteiger partial charge on any atom is -0.481 e. The summed E-state index contributed by atoms with van der Waals surface area (Å²) in [6.45, 7) is 1.28. The molecule has 0 aromatic carbocycles. The number of hydrogen-bond acceptors (Lipinski definition) is 5. The van der Waals surface area contributed by atoms with Gasteiger partial charge in [0.05, 0.1) is 12.8 Å². The van der Waals surface area contributed by atoms with Crippen molar-refractivity contribution in [1.29, 1.82) is 0 Å². The van der Waals surface area contributed by atoms with E-state index in [2.05, 4.69) is 4.74 Å². The van der Waals surface area contributed by atoms with Crippen LogP contribution in [0.1, 0.15) is 26.2 Å². The number of esters is 1. The normalized spacial score (nSPS) is 11.6. The first-order valence-corrected chi connectivity index (χ1v) is 4.46. The molecule has 7 nitrogen and oxygen atoms in total. The fourth-order valence-corrected chi connectivity index (χ4v) is 0.834. The van der Waals surface area contributed by atoms with Crippen LogP contribution in [0.2, 0.25) is 0 Å². The van der Waals surface area contributed by atoms with Gasteiger partial charge in [-0.1, -0.05) is 0 Å². The number of Topliss-reactive ketones (excluding diaryl/α,β-unsaturated/α-hetero) is 1. The van der Waals surface area contributed by atoms with Gasteiger partial charge in [0.2, 0.25) is 6.10 Å². The van der Waals surface area contributed by atoms with Crippen molar-refractivity contribution in [2.45, 2.75) is 32.3 Å². The van der Waals surface area contributed by atoms with Crippen LogP contribution in [-0.4, -0.2) is 40.0 Å². The van der Waals surface area contributed by atoms with Gasteiger partial charge in [-0.05, 0) is 6.92 Å². The summed E-state index contributed by atoms with van der Waals surface area (Å²) in [6.07, 6.45) is -2.82. The average Bonchev–Trinajstić information content (AvgIpc) is 2.12.